The fourth-order valence-electron chi connectivity index (χ4n) is 5.05. The van der Waals surface area contributed by atoms with E-state index in [0.717, 1.165) is 5.56 Å². The molecule has 5 atom stereocenters. The molecule has 1 aliphatic heterocycles. The summed E-state index contributed by atoms with van der Waals surface area (Å²) in [4.78, 5) is 38.2. The topological polar surface area (TPSA) is 116 Å². The summed E-state index contributed by atoms with van der Waals surface area (Å²) in [6.07, 6.45) is 0.439. The van der Waals surface area contributed by atoms with Crippen molar-refractivity contribution >= 4 is 46.6 Å². The van der Waals surface area contributed by atoms with Crippen molar-refractivity contribution in [3.05, 3.63) is 63.7 Å². The third-order valence-corrected chi connectivity index (χ3v) is 8.82. The van der Waals surface area contributed by atoms with Gasteiger partial charge in [-0.25, -0.2) is 0 Å². The van der Waals surface area contributed by atoms with E-state index >= 15 is 0 Å². The van der Waals surface area contributed by atoms with Crippen molar-refractivity contribution in [2.45, 2.75) is 47.8 Å². The molecule has 2 aromatic carbocycles. The van der Waals surface area contributed by atoms with Crippen molar-refractivity contribution in [1.29, 1.82) is 0 Å². The van der Waals surface area contributed by atoms with Crippen LogP contribution < -0.4 is 10.4 Å². The number of halogens is 1. The molecule has 1 aliphatic carbocycles. The van der Waals surface area contributed by atoms with Crippen molar-refractivity contribution in [3.63, 3.8) is 0 Å². The SMILES string of the molecule is CCN(CC)C(=O)c1ccc2c(c1)[C@@H]1[C@@H](Cl)[C@@H](Sc3ccccc3[N+](=O)[O-])C[C@H]1[C@H](C(=O)[O-])N2. The lowest BCUT2D eigenvalue weighted by Crippen LogP contribution is -2.49. The summed E-state index contributed by atoms with van der Waals surface area (Å²) in [5, 5.41) is 25.8. The van der Waals surface area contributed by atoms with Gasteiger partial charge in [0.15, 0.2) is 0 Å². The lowest BCUT2D eigenvalue weighted by atomic mass is 9.79. The molecule has 1 saturated carbocycles. The lowest BCUT2D eigenvalue weighted by molar-refractivity contribution is -0.387. The van der Waals surface area contributed by atoms with Crippen LogP contribution in [0.4, 0.5) is 11.4 Å². The van der Waals surface area contributed by atoms with Crippen LogP contribution >= 0.6 is 23.4 Å². The lowest BCUT2D eigenvalue weighted by Gasteiger charge is -2.38. The minimum absolute atomic E-state index is 0.00618. The first-order valence-corrected chi connectivity index (χ1v) is 12.5. The average Bonchev–Trinajstić information content (AvgIpc) is 3.15. The standard InChI is InChI=1S/C24H26ClN3O5S/c1-3-27(4-2)23(29)13-9-10-16-14(11-13)20-15(22(26-16)24(30)31)12-19(21(20)25)34-18-8-6-5-7-17(18)28(32)33/h5-11,15,19-22,26H,3-4,12H2,1-2H3,(H,30,31)/p-1/t15-,19+,20+,21+,22-/m1/s1. The highest BCUT2D eigenvalue weighted by atomic mass is 35.5. The average molecular weight is 503 g/mol. The first-order valence-electron chi connectivity index (χ1n) is 11.2. The second-order valence-corrected chi connectivity index (χ2v) is 10.3. The maximum absolute atomic E-state index is 12.9. The highest BCUT2D eigenvalue weighted by molar-refractivity contribution is 8.00. The molecular weight excluding hydrogens is 478 g/mol. The van der Waals surface area contributed by atoms with Gasteiger partial charge in [-0.15, -0.1) is 23.4 Å². The van der Waals surface area contributed by atoms with Gasteiger partial charge in [-0.2, -0.15) is 0 Å². The predicted molar refractivity (Wildman–Crippen MR) is 129 cm³/mol. The Balaban J connectivity index is 1.70. The van der Waals surface area contributed by atoms with Crippen molar-refractivity contribution < 1.29 is 19.6 Å². The van der Waals surface area contributed by atoms with Crippen LogP contribution in [0.15, 0.2) is 47.4 Å². The van der Waals surface area contributed by atoms with Crippen LogP contribution in [0.5, 0.6) is 0 Å². The fraction of sp³-hybridized carbons (Fsp3) is 0.417. The Bertz CT molecular complexity index is 1130. The molecule has 0 bridgehead atoms. The Morgan fingerprint density at radius 2 is 1.91 bits per heavy atom. The zero-order chi connectivity index (χ0) is 24.6. The molecule has 34 heavy (non-hydrogen) atoms. The molecule has 180 valence electrons. The second kappa shape index (κ2) is 9.84. The smallest absolute Gasteiger partial charge is 0.282 e. The number of nitrogens with zero attached hydrogens (tertiary/aromatic N) is 2. The van der Waals surface area contributed by atoms with E-state index < -0.39 is 22.3 Å². The number of nitro benzene ring substituents is 1. The molecule has 2 aromatic rings. The van der Waals surface area contributed by atoms with Crippen molar-refractivity contribution in [1.82, 2.24) is 4.90 Å². The second-order valence-electron chi connectivity index (χ2n) is 8.47. The predicted octanol–water partition coefficient (Wildman–Crippen LogP) is 3.49. The molecule has 1 heterocycles. The summed E-state index contributed by atoms with van der Waals surface area (Å²) in [5.41, 5.74) is 1.93. The molecule has 0 saturated heterocycles. The first kappa shape index (κ1) is 24.3. The van der Waals surface area contributed by atoms with E-state index in [9.17, 15) is 24.8 Å². The molecule has 0 radical (unpaired) electrons. The van der Waals surface area contributed by atoms with Crippen molar-refractivity contribution in [3.8, 4) is 0 Å². The Morgan fingerprint density at radius 3 is 2.56 bits per heavy atom. The summed E-state index contributed by atoms with van der Waals surface area (Å²) < 4.78 is 0. The molecule has 1 amide bonds. The normalized spacial score (nSPS) is 25.1. The summed E-state index contributed by atoms with van der Waals surface area (Å²) in [6, 6.07) is 10.7. The number of carboxylic acids is 1. The van der Waals surface area contributed by atoms with Crippen LogP contribution in [0.1, 0.15) is 42.1 Å². The number of nitrogens with one attached hydrogen (secondary N) is 1. The Morgan fingerprint density at radius 1 is 1.21 bits per heavy atom. The molecule has 8 nitrogen and oxygen atoms in total. The number of para-hydroxylation sites is 1. The maximum atomic E-state index is 12.9. The van der Waals surface area contributed by atoms with E-state index in [0.29, 0.717) is 35.7 Å². The third kappa shape index (κ3) is 4.34. The van der Waals surface area contributed by atoms with Gasteiger partial charge in [0.25, 0.3) is 11.6 Å². The van der Waals surface area contributed by atoms with Gasteiger partial charge in [-0.3, -0.25) is 14.9 Å². The summed E-state index contributed by atoms with van der Waals surface area (Å²) >= 11 is 8.25. The van der Waals surface area contributed by atoms with Gasteiger partial charge in [0.2, 0.25) is 0 Å². The number of carbonyl (C=O) groups excluding carboxylic acids is 2. The zero-order valence-electron chi connectivity index (χ0n) is 18.8. The number of alkyl halides is 1. The van der Waals surface area contributed by atoms with Crippen molar-refractivity contribution in [2.24, 2.45) is 5.92 Å². The van der Waals surface area contributed by atoms with E-state index in [2.05, 4.69) is 5.32 Å². The molecule has 0 unspecified atom stereocenters. The van der Waals surface area contributed by atoms with Crippen LogP contribution in [0.2, 0.25) is 0 Å². The van der Waals surface area contributed by atoms with Gasteiger partial charge >= 0.3 is 0 Å². The quantitative estimate of drug-likeness (QED) is 0.350. The number of hydrogen-bond acceptors (Lipinski definition) is 7. The van der Waals surface area contributed by atoms with Gasteiger partial charge < -0.3 is 20.1 Å². The summed E-state index contributed by atoms with van der Waals surface area (Å²) in [6.45, 7) is 4.99. The van der Waals surface area contributed by atoms with E-state index in [1.54, 1.807) is 41.3 Å². The van der Waals surface area contributed by atoms with Crippen LogP contribution in [-0.4, -0.2) is 51.5 Å². The highest BCUT2D eigenvalue weighted by Gasteiger charge is 2.50. The summed E-state index contributed by atoms with van der Waals surface area (Å²) in [5.74, 6) is -2.03. The number of benzene rings is 2. The number of aliphatic carboxylic acids is 1. The summed E-state index contributed by atoms with van der Waals surface area (Å²) in [7, 11) is 0. The number of thioether (sulfide) groups is 1. The number of fused-ring (bicyclic) bond motifs is 3. The zero-order valence-corrected chi connectivity index (χ0v) is 20.3. The molecule has 1 N–H and O–H groups in total. The van der Waals surface area contributed by atoms with Crippen molar-refractivity contribution in [2.75, 3.05) is 18.4 Å². The molecule has 1 fully saturated rings. The number of nitro groups is 1. The number of anilines is 1. The van der Waals surface area contributed by atoms with Gasteiger partial charge in [0, 0.05) is 41.6 Å². The Kier molecular flexibility index (Phi) is 7.04. The molecule has 10 heteroatoms. The van der Waals surface area contributed by atoms with E-state index in [1.807, 2.05) is 13.8 Å². The van der Waals surface area contributed by atoms with Crippen LogP contribution in [-0.2, 0) is 4.79 Å². The third-order valence-electron chi connectivity index (χ3n) is 6.71. The van der Waals surface area contributed by atoms with E-state index in [1.165, 1.54) is 17.8 Å². The molecule has 4 rings (SSSR count). The van der Waals surface area contributed by atoms with E-state index in [-0.39, 0.29) is 28.7 Å². The van der Waals surface area contributed by atoms with E-state index in [4.69, 9.17) is 11.6 Å². The van der Waals surface area contributed by atoms with Gasteiger partial charge in [0.05, 0.1) is 27.2 Å². The maximum Gasteiger partial charge on any atom is 0.282 e. The highest BCUT2D eigenvalue weighted by Crippen LogP contribution is 2.55. The number of amides is 1. The Labute approximate surface area is 206 Å². The number of rotatable bonds is 7. The van der Waals surface area contributed by atoms with Gasteiger partial charge in [0.1, 0.15) is 0 Å². The minimum atomic E-state index is -1.22. The molecular formula is C24H25ClN3O5S-. The minimum Gasteiger partial charge on any atom is -0.548 e. The monoisotopic (exact) mass is 502 g/mol. The number of carbonyl (C=O) groups is 2. The molecule has 0 spiro atoms. The molecule has 0 aromatic heterocycles. The fourth-order valence-corrected chi connectivity index (χ4v) is 6.99. The molecule has 2 aliphatic rings. The Hall–Kier alpha value is -2.78. The van der Waals surface area contributed by atoms with Crippen LogP contribution in [0.25, 0.3) is 0 Å². The van der Waals surface area contributed by atoms with Gasteiger partial charge in [-0.05, 0) is 56.0 Å². The van der Waals surface area contributed by atoms with Crippen LogP contribution in [0.3, 0.4) is 0 Å². The largest absolute Gasteiger partial charge is 0.548 e. The van der Waals surface area contributed by atoms with Crippen LogP contribution in [0, 0.1) is 16.0 Å². The number of hydrogen-bond donors (Lipinski definition) is 1. The van der Waals surface area contributed by atoms with Gasteiger partial charge in [-0.1, -0.05) is 12.1 Å². The first-order chi connectivity index (χ1) is 16.3. The number of carboxylic acid groups (broad SMARTS) is 1.